The zero-order chi connectivity index (χ0) is 20.5. The zero-order valence-electron chi connectivity index (χ0n) is 16.0. The van der Waals surface area contributed by atoms with Crippen molar-refractivity contribution in [3.8, 4) is 0 Å². The Balaban J connectivity index is 1.47. The van der Waals surface area contributed by atoms with Crippen molar-refractivity contribution in [2.75, 3.05) is 16.8 Å². The molecule has 3 aromatic rings. The van der Waals surface area contributed by atoms with Crippen molar-refractivity contribution >= 4 is 49.9 Å². The fraction of sp³-hybridized carbons (Fsp3) is 0.238. The molecule has 1 aliphatic heterocycles. The molecule has 1 N–H and O–H groups in total. The van der Waals surface area contributed by atoms with E-state index in [4.69, 9.17) is 0 Å². The average Bonchev–Trinajstić information content (AvgIpc) is 3.27. The molecule has 1 aromatic heterocycles. The molecule has 6 nitrogen and oxygen atoms in total. The van der Waals surface area contributed by atoms with Crippen LogP contribution < -0.4 is 10.2 Å². The molecule has 1 unspecified atom stereocenters. The molecule has 29 heavy (non-hydrogen) atoms. The quantitative estimate of drug-likeness (QED) is 0.599. The summed E-state index contributed by atoms with van der Waals surface area (Å²) < 4.78 is 0.832. The second-order valence-electron chi connectivity index (χ2n) is 7.16. The van der Waals surface area contributed by atoms with Gasteiger partial charge in [-0.1, -0.05) is 39.4 Å². The maximum Gasteiger partial charge on any atom is 0.257 e. The van der Waals surface area contributed by atoms with Gasteiger partial charge in [-0.05, 0) is 55.3 Å². The number of halogens is 1. The van der Waals surface area contributed by atoms with Crippen molar-refractivity contribution in [1.29, 1.82) is 0 Å². The number of nitrogens with one attached hydrogen (secondary N) is 1. The molecule has 2 amide bonds. The van der Waals surface area contributed by atoms with E-state index >= 15 is 0 Å². The lowest BCUT2D eigenvalue weighted by molar-refractivity contribution is -0.117. The second kappa shape index (κ2) is 8.04. The lowest BCUT2D eigenvalue weighted by atomic mass is 10.1. The largest absolute Gasteiger partial charge is 0.312 e. The molecule has 1 aliphatic rings. The SMILES string of the molecule is Cc1cc(C)cc(N2CC(c3nnc(NC(=O)c4cccc(Br)c4)s3)CC2=O)c1. The summed E-state index contributed by atoms with van der Waals surface area (Å²) in [7, 11) is 0. The molecule has 2 aromatic carbocycles. The molecular formula is C21H19BrN4O2S. The van der Waals surface area contributed by atoms with Crippen LogP contribution in [-0.2, 0) is 4.79 Å². The van der Waals surface area contributed by atoms with E-state index in [-0.39, 0.29) is 17.7 Å². The van der Waals surface area contributed by atoms with Gasteiger partial charge in [-0.3, -0.25) is 14.9 Å². The van der Waals surface area contributed by atoms with Gasteiger partial charge < -0.3 is 4.90 Å². The number of aryl methyl sites for hydroxylation is 2. The van der Waals surface area contributed by atoms with Crippen LogP contribution in [0.4, 0.5) is 10.8 Å². The Morgan fingerprint density at radius 1 is 1.17 bits per heavy atom. The van der Waals surface area contributed by atoms with Crippen LogP contribution in [0.15, 0.2) is 46.9 Å². The number of hydrogen-bond acceptors (Lipinski definition) is 5. The molecule has 1 fully saturated rings. The number of aromatic nitrogens is 2. The van der Waals surface area contributed by atoms with Gasteiger partial charge >= 0.3 is 0 Å². The third-order valence-electron chi connectivity index (χ3n) is 4.74. The summed E-state index contributed by atoms with van der Waals surface area (Å²) in [5, 5.41) is 12.3. The van der Waals surface area contributed by atoms with Crippen LogP contribution in [0, 0.1) is 13.8 Å². The molecule has 0 bridgehead atoms. The number of anilines is 2. The minimum atomic E-state index is -0.242. The Labute approximate surface area is 181 Å². The van der Waals surface area contributed by atoms with Crippen LogP contribution in [0.25, 0.3) is 0 Å². The van der Waals surface area contributed by atoms with E-state index in [1.807, 2.05) is 36.9 Å². The Bertz CT molecular complexity index is 1080. The van der Waals surface area contributed by atoms with Gasteiger partial charge in [-0.2, -0.15) is 0 Å². The molecular weight excluding hydrogens is 452 g/mol. The van der Waals surface area contributed by atoms with Gasteiger partial charge in [0, 0.05) is 34.6 Å². The van der Waals surface area contributed by atoms with E-state index in [0.717, 1.165) is 26.3 Å². The highest BCUT2D eigenvalue weighted by Crippen LogP contribution is 2.35. The van der Waals surface area contributed by atoms with E-state index in [1.165, 1.54) is 11.3 Å². The molecule has 0 radical (unpaired) electrons. The van der Waals surface area contributed by atoms with Gasteiger partial charge in [0.15, 0.2) is 0 Å². The summed E-state index contributed by atoms with van der Waals surface area (Å²) in [6, 6.07) is 13.3. The van der Waals surface area contributed by atoms with Crippen molar-refractivity contribution < 1.29 is 9.59 Å². The molecule has 8 heteroatoms. The molecule has 0 saturated carbocycles. The van der Waals surface area contributed by atoms with Gasteiger partial charge in [0.1, 0.15) is 5.01 Å². The van der Waals surface area contributed by atoms with Crippen LogP contribution in [-0.4, -0.2) is 28.6 Å². The fourth-order valence-corrected chi connectivity index (χ4v) is 4.71. The lowest BCUT2D eigenvalue weighted by Crippen LogP contribution is -2.24. The lowest BCUT2D eigenvalue weighted by Gasteiger charge is -2.17. The predicted octanol–water partition coefficient (Wildman–Crippen LogP) is 4.69. The molecule has 0 spiro atoms. The Hall–Kier alpha value is -2.58. The normalized spacial score (nSPS) is 16.3. The molecule has 4 rings (SSSR count). The van der Waals surface area contributed by atoms with Crippen molar-refractivity contribution in [2.24, 2.45) is 0 Å². The van der Waals surface area contributed by atoms with E-state index in [0.29, 0.717) is 23.7 Å². The first-order valence-electron chi connectivity index (χ1n) is 9.18. The second-order valence-corrected chi connectivity index (χ2v) is 9.09. The number of benzene rings is 2. The first kappa shape index (κ1) is 19.7. The molecule has 0 aliphatic carbocycles. The van der Waals surface area contributed by atoms with Crippen molar-refractivity contribution in [2.45, 2.75) is 26.2 Å². The summed E-state index contributed by atoms with van der Waals surface area (Å²) in [4.78, 5) is 26.8. The number of nitrogens with zero attached hydrogens (tertiary/aromatic N) is 3. The van der Waals surface area contributed by atoms with Crippen LogP contribution in [0.3, 0.4) is 0 Å². The first-order valence-corrected chi connectivity index (χ1v) is 10.8. The summed E-state index contributed by atoms with van der Waals surface area (Å²) in [5.74, 6) is -0.194. The van der Waals surface area contributed by atoms with Gasteiger partial charge in [0.25, 0.3) is 5.91 Å². The molecule has 1 atom stereocenters. The molecule has 148 valence electrons. The Kier molecular flexibility index (Phi) is 5.47. The van der Waals surface area contributed by atoms with Crippen molar-refractivity contribution in [3.63, 3.8) is 0 Å². The fourth-order valence-electron chi connectivity index (χ4n) is 3.48. The average molecular weight is 471 g/mol. The van der Waals surface area contributed by atoms with E-state index < -0.39 is 0 Å². The third kappa shape index (κ3) is 4.38. The Morgan fingerprint density at radius 3 is 2.66 bits per heavy atom. The zero-order valence-corrected chi connectivity index (χ0v) is 18.4. The van der Waals surface area contributed by atoms with Crippen molar-refractivity contribution in [3.05, 3.63) is 68.6 Å². The highest BCUT2D eigenvalue weighted by Gasteiger charge is 2.34. The minimum Gasteiger partial charge on any atom is -0.312 e. The van der Waals surface area contributed by atoms with E-state index in [1.54, 1.807) is 18.2 Å². The molecule has 2 heterocycles. The van der Waals surface area contributed by atoms with E-state index in [9.17, 15) is 9.59 Å². The number of amides is 2. The van der Waals surface area contributed by atoms with Gasteiger partial charge in [0.2, 0.25) is 11.0 Å². The summed E-state index contributed by atoms with van der Waals surface area (Å²) in [6.45, 7) is 4.62. The predicted molar refractivity (Wildman–Crippen MR) is 118 cm³/mol. The van der Waals surface area contributed by atoms with Gasteiger partial charge in [0.05, 0.1) is 0 Å². The van der Waals surface area contributed by atoms with Gasteiger partial charge in [-0.25, -0.2) is 0 Å². The summed E-state index contributed by atoms with van der Waals surface area (Å²) >= 11 is 4.68. The standard InChI is InChI=1S/C21H19BrN4O2S/c1-12-6-13(2)8-17(7-12)26-11-15(10-18(26)27)20-24-25-21(29-20)23-19(28)14-4-3-5-16(22)9-14/h3-9,15H,10-11H2,1-2H3,(H,23,25,28). The summed E-state index contributed by atoms with van der Waals surface area (Å²) in [6.07, 6.45) is 0.390. The highest BCUT2D eigenvalue weighted by molar-refractivity contribution is 9.10. The first-order chi connectivity index (χ1) is 13.9. The highest BCUT2D eigenvalue weighted by atomic mass is 79.9. The van der Waals surface area contributed by atoms with Crippen LogP contribution >= 0.6 is 27.3 Å². The summed E-state index contributed by atoms with van der Waals surface area (Å²) in [5.41, 5.74) is 3.71. The van der Waals surface area contributed by atoms with Gasteiger partial charge in [-0.15, -0.1) is 10.2 Å². The number of carbonyl (C=O) groups excluding carboxylic acids is 2. The monoisotopic (exact) mass is 470 g/mol. The minimum absolute atomic E-state index is 0.0302. The number of carbonyl (C=O) groups is 2. The Morgan fingerprint density at radius 2 is 1.93 bits per heavy atom. The third-order valence-corrected chi connectivity index (χ3v) is 6.23. The van der Waals surface area contributed by atoms with Crippen molar-refractivity contribution in [1.82, 2.24) is 10.2 Å². The maximum atomic E-state index is 12.6. The van der Waals surface area contributed by atoms with Crippen LogP contribution in [0.1, 0.15) is 38.8 Å². The maximum absolute atomic E-state index is 12.6. The molecule has 1 saturated heterocycles. The number of hydrogen-bond donors (Lipinski definition) is 1. The smallest absolute Gasteiger partial charge is 0.257 e. The van der Waals surface area contributed by atoms with Crippen LogP contribution in [0.2, 0.25) is 0 Å². The van der Waals surface area contributed by atoms with E-state index in [2.05, 4.69) is 37.5 Å². The van der Waals surface area contributed by atoms with Crippen LogP contribution in [0.5, 0.6) is 0 Å². The topological polar surface area (TPSA) is 75.2 Å². The number of rotatable bonds is 4.